The summed E-state index contributed by atoms with van der Waals surface area (Å²) in [7, 11) is 0. The number of hydrogen-bond donors (Lipinski definition) is 1. The zero-order valence-corrected chi connectivity index (χ0v) is 19.7. The fraction of sp³-hybridized carbons (Fsp3) is 0.250. The average molecular weight is 505 g/mol. The minimum Gasteiger partial charge on any atom is -0.481 e. The van der Waals surface area contributed by atoms with Crippen molar-refractivity contribution in [2.24, 2.45) is 17.8 Å². The van der Waals surface area contributed by atoms with Gasteiger partial charge in [-0.05, 0) is 42.9 Å². The molecule has 3 heterocycles. The van der Waals surface area contributed by atoms with Crippen LogP contribution in [-0.4, -0.2) is 32.1 Å². The van der Waals surface area contributed by atoms with E-state index in [9.17, 15) is 18.7 Å². The first kappa shape index (κ1) is 23.3. The van der Waals surface area contributed by atoms with E-state index in [1.165, 1.54) is 12.1 Å². The van der Waals surface area contributed by atoms with Gasteiger partial charge in [-0.1, -0.05) is 30.3 Å². The van der Waals surface area contributed by atoms with E-state index in [0.29, 0.717) is 34.5 Å². The van der Waals surface area contributed by atoms with Crippen molar-refractivity contribution >= 4 is 17.2 Å². The number of alkyl halides is 2. The van der Waals surface area contributed by atoms with Gasteiger partial charge in [0.25, 0.3) is 0 Å². The zero-order chi connectivity index (χ0) is 25.8. The number of aliphatic carboxylic acids is 1. The van der Waals surface area contributed by atoms with Crippen molar-refractivity contribution in [1.82, 2.24) is 14.4 Å². The van der Waals surface area contributed by atoms with E-state index in [1.54, 1.807) is 48.0 Å². The Morgan fingerprint density at radius 2 is 2.05 bits per heavy atom. The molecule has 37 heavy (non-hydrogen) atoms. The third-order valence-electron chi connectivity index (χ3n) is 7.32. The number of allylic oxidation sites excluding steroid dienone is 2. The molecule has 0 radical (unpaired) electrons. The largest absolute Gasteiger partial charge is 0.481 e. The SMILES string of the molecule is Cc1nc2cc(F)c(-c3ccc(C4=CC5C(C4)C5C(=O)O)nc3)cn2c1Cc1ccccc1OC(F)F. The van der Waals surface area contributed by atoms with Gasteiger partial charge in [0, 0.05) is 47.3 Å². The lowest BCUT2D eigenvalue weighted by molar-refractivity contribution is -0.139. The van der Waals surface area contributed by atoms with Crippen LogP contribution in [0.2, 0.25) is 0 Å². The lowest BCUT2D eigenvalue weighted by Crippen LogP contribution is -2.06. The Kier molecular flexibility index (Phi) is 5.51. The van der Waals surface area contributed by atoms with Gasteiger partial charge in [-0.25, -0.2) is 9.37 Å². The molecule has 6 rings (SSSR count). The van der Waals surface area contributed by atoms with E-state index in [0.717, 1.165) is 17.0 Å². The summed E-state index contributed by atoms with van der Waals surface area (Å²) in [4.78, 5) is 20.2. The van der Waals surface area contributed by atoms with E-state index < -0.39 is 18.4 Å². The molecule has 1 saturated carbocycles. The second-order valence-electron chi connectivity index (χ2n) is 9.50. The van der Waals surface area contributed by atoms with Crippen LogP contribution in [-0.2, 0) is 11.2 Å². The van der Waals surface area contributed by atoms with Crippen molar-refractivity contribution < 1.29 is 27.8 Å². The number of nitrogens with zero attached hydrogens (tertiary/aromatic N) is 3. The second kappa shape index (κ2) is 8.76. The summed E-state index contributed by atoms with van der Waals surface area (Å²) in [5, 5.41) is 9.21. The molecule has 0 amide bonds. The van der Waals surface area contributed by atoms with Crippen LogP contribution in [0, 0.1) is 30.5 Å². The number of imidazole rings is 1. The molecule has 3 atom stereocenters. The van der Waals surface area contributed by atoms with Crippen LogP contribution < -0.4 is 4.74 Å². The van der Waals surface area contributed by atoms with Gasteiger partial charge in [0.2, 0.25) is 0 Å². The molecule has 0 saturated heterocycles. The van der Waals surface area contributed by atoms with E-state index in [1.807, 2.05) is 12.1 Å². The fourth-order valence-corrected chi connectivity index (χ4v) is 5.42. The van der Waals surface area contributed by atoms with Gasteiger partial charge in [0.05, 0.1) is 17.3 Å². The van der Waals surface area contributed by atoms with Crippen molar-refractivity contribution in [3.05, 3.63) is 89.4 Å². The maximum atomic E-state index is 15.1. The summed E-state index contributed by atoms with van der Waals surface area (Å²) >= 11 is 0. The van der Waals surface area contributed by atoms with Crippen LogP contribution in [0.4, 0.5) is 13.2 Å². The number of hydrogen-bond acceptors (Lipinski definition) is 4. The first-order chi connectivity index (χ1) is 17.8. The monoisotopic (exact) mass is 505 g/mol. The Balaban J connectivity index is 1.31. The molecule has 4 aromatic rings. The number of aromatic nitrogens is 3. The normalized spacial score (nSPS) is 20.2. The smallest absolute Gasteiger partial charge is 0.387 e. The van der Waals surface area contributed by atoms with Crippen molar-refractivity contribution in [3.8, 4) is 16.9 Å². The van der Waals surface area contributed by atoms with E-state index in [-0.39, 0.29) is 29.9 Å². The Labute approximate surface area is 210 Å². The molecule has 0 bridgehead atoms. The van der Waals surface area contributed by atoms with Gasteiger partial charge >= 0.3 is 12.6 Å². The Bertz CT molecular complexity index is 1560. The summed E-state index contributed by atoms with van der Waals surface area (Å²) in [6.45, 7) is -1.15. The molecule has 1 fully saturated rings. The summed E-state index contributed by atoms with van der Waals surface area (Å²) in [6, 6.07) is 11.5. The number of benzene rings is 1. The number of aryl methyl sites for hydroxylation is 1. The first-order valence-electron chi connectivity index (χ1n) is 11.9. The predicted octanol–water partition coefficient (Wildman–Crippen LogP) is 5.77. The minimum atomic E-state index is -2.94. The van der Waals surface area contributed by atoms with Gasteiger partial charge in [0.1, 0.15) is 17.2 Å². The third kappa shape index (κ3) is 4.14. The van der Waals surface area contributed by atoms with Crippen molar-refractivity contribution in [2.45, 2.75) is 26.4 Å². The molecule has 0 aliphatic heterocycles. The number of pyridine rings is 2. The quantitative estimate of drug-likeness (QED) is 0.345. The molecular weight excluding hydrogens is 483 g/mol. The standard InChI is InChI=1S/C28H22F3N3O3/c1-14-23(10-15-4-2-3-5-24(15)37-28(30)31)34-13-20(21(29)11-25(34)33-14)16-6-7-22(32-12-16)17-8-18-19(9-17)26(18)27(35)36/h2-8,11-13,18-19,26,28H,9-10H2,1H3,(H,35,36). The second-order valence-corrected chi connectivity index (χ2v) is 9.50. The average Bonchev–Trinajstić information content (AvgIpc) is 3.22. The van der Waals surface area contributed by atoms with Gasteiger partial charge in [-0.2, -0.15) is 8.78 Å². The van der Waals surface area contributed by atoms with Crippen LogP contribution in [0.25, 0.3) is 22.3 Å². The van der Waals surface area contributed by atoms with Crippen molar-refractivity contribution in [3.63, 3.8) is 0 Å². The molecule has 2 aliphatic rings. The minimum absolute atomic E-state index is 0.0768. The number of ether oxygens (including phenoxy) is 1. The van der Waals surface area contributed by atoms with Crippen LogP contribution >= 0.6 is 0 Å². The molecule has 1 N–H and O–H groups in total. The third-order valence-corrected chi connectivity index (χ3v) is 7.32. The molecule has 6 nitrogen and oxygen atoms in total. The number of rotatable bonds is 7. The Morgan fingerprint density at radius 1 is 1.24 bits per heavy atom. The van der Waals surface area contributed by atoms with Crippen molar-refractivity contribution in [2.75, 3.05) is 0 Å². The maximum Gasteiger partial charge on any atom is 0.387 e. The van der Waals surface area contributed by atoms with Crippen LogP contribution in [0.5, 0.6) is 5.75 Å². The van der Waals surface area contributed by atoms with Gasteiger partial charge in [-0.15, -0.1) is 0 Å². The van der Waals surface area contributed by atoms with E-state index in [2.05, 4.69) is 14.7 Å². The summed E-state index contributed by atoms with van der Waals surface area (Å²) in [6.07, 6.45) is 6.20. The fourth-order valence-electron chi connectivity index (χ4n) is 5.42. The van der Waals surface area contributed by atoms with E-state index >= 15 is 4.39 Å². The maximum absolute atomic E-state index is 15.1. The predicted molar refractivity (Wildman–Crippen MR) is 130 cm³/mol. The van der Waals surface area contributed by atoms with Gasteiger partial charge < -0.3 is 14.2 Å². The van der Waals surface area contributed by atoms with Crippen LogP contribution in [0.15, 0.2) is 60.9 Å². The van der Waals surface area contributed by atoms with E-state index in [4.69, 9.17) is 0 Å². The first-order valence-corrected chi connectivity index (χ1v) is 11.9. The van der Waals surface area contributed by atoms with Crippen molar-refractivity contribution in [1.29, 1.82) is 0 Å². The number of carboxylic acid groups (broad SMARTS) is 1. The topological polar surface area (TPSA) is 76.7 Å². The lowest BCUT2D eigenvalue weighted by Gasteiger charge is -2.12. The molecule has 3 unspecified atom stereocenters. The summed E-state index contributed by atoms with van der Waals surface area (Å²) in [5.74, 6) is -1.18. The highest BCUT2D eigenvalue weighted by Gasteiger charge is 2.56. The molecule has 2 aliphatic carbocycles. The number of carbonyl (C=O) groups is 1. The molecule has 3 aromatic heterocycles. The zero-order valence-electron chi connectivity index (χ0n) is 19.7. The molecular formula is C28H22F3N3O3. The highest BCUT2D eigenvalue weighted by molar-refractivity contribution is 5.80. The number of halogens is 3. The molecule has 0 spiro atoms. The summed E-state index contributed by atoms with van der Waals surface area (Å²) in [5.41, 5.74) is 5.05. The molecule has 188 valence electrons. The number of para-hydroxylation sites is 1. The van der Waals surface area contributed by atoms with Crippen LogP contribution in [0.3, 0.4) is 0 Å². The Hall–Kier alpha value is -4.14. The molecule has 1 aromatic carbocycles. The number of fused-ring (bicyclic) bond motifs is 2. The summed E-state index contributed by atoms with van der Waals surface area (Å²) < 4.78 is 47.3. The Morgan fingerprint density at radius 3 is 2.73 bits per heavy atom. The highest BCUT2D eigenvalue weighted by atomic mass is 19.3. The number of carboxylic acids is 1. The molecule has 9 heteroatoms. The van der Waals surface area contributed by atoms with Gasteiger partial charge in [0.15, 0.2) is 0 Å². The lowest BCUT2D eigenvalue weighted by atomic mass is 10.0. The van der Waals surface area contributed by atoms with Crippen LogP contribution in [0.1, 0.15) is 29.1 Å². The highest BCUT2D eigenvalue weighted by Crippen LogP contribution is 2.57. The van der Waals surface area contributed by atoms with Gasteiger partial charge in [-0.3, -0.25) is 9.78 Å².